The highest BCUT2D eigenvalue weighted by atomic mass is 19.4. The van der Waals surface area contributed by atoms with Crippen molar-refractivity contribution in [3.8, 4) is 22.5 Å². The lowest BCUT2D eigenvalue weighted by Gasteiger charge is -2.13. The highest BCUT2D eigenvalue weighted by Crippen LogP contribution is 2.44. The number of fused-ring (bicyclic) bond motifs is 1. The van der Waals surface area contributed by atoms with E-state index < -0.39 is 29.4 Å². The van der Waals surface area contributed by atoms with Gasteiger partial charge in [0.1, 0.15) is 5.69 Å². The molecule has 2 aromatic carbocycles. The van der Waals surface area contributed by atoms with E-state index >= 15 is 0 Å². The van der Waals surface area contributed by atoms with E-state index in [1.54, 1.807) is 12.1 Å². The molecule has 0 radical (unpaired) electrons. The number of benzene rings is 2. The van der Waals surface area contributed by atoms with Crippen LogP contribution in [0.5, 0.6) is 0 Å². The molecular weight excluding hydrogens is 512 g/mol. The fourth-order valence-electron chi connectivity index (χ4n) is 4.49. The number of H-pyrrole nitrogens is 1. The zero-order valence-corrected chi connectivity index (χ0v) is 19.3. The first-order valence-corrected chi connectivity index (χ1v) is 11.6. The summed E-state index contributed by atoms with van der Waals surface area (Å²) in [5.74, 6) is 0.306. The number of aromatic nitrogens is 7. The van der Waals surface area contributed by atoms with Gasteiger partial charge in [0, 0.05) is 23.5 Å². The Kier molecular flexibility index (Phi) is 5.47. The predicted molar refractivity (Wildman–Crippen MR) is 123 cm³/mol. The second kappa shape index (κ2) is 8.64. The first-order valence-electron chi connectivity index (χ1n) is 11.6. The summed E-state index contributed by atoms with van der Waals surface area (Å²) in [5, 5.41) is 18.2. The zero-order chi connectivity index (χ0) is 26.7. The molecule has 6 rings (SSSR count). The van der Waals surface area contributed by atoms with Crippen LogP contribution in [0.3, 0.4) is 0 Å². The number of alkyl halides is 6. The molecule has 13 heteroatoms. The summed E-state index contributed by atoms with van der Waals surface area (Å²) in [7, 11) is 0. The predicted octanol–water partition coefficient (Wildman–Crippen LogP) is 6.08. The molecule has 194 valence electrons. The van der Waals surface area contributed by atoms with Gasteiger partial charge in [-0.25, -0.2) is 9.50 Å². The van der Waals surface area contributed by atoms with E-state index in [-0.39, 0.29) is 24.0 Å². The van der Waals surface area contributed by atoms with Crippen LogP contribution in [0, 0.1) is 0 Å². The van der Waals surface area contributed by atoms with E-state index in [4.69, 9.17) is 0 Å². The third-order valence-electron chi connectivity index (χ3n) is 6.42. The number of nitrogens with one attached hydrogen (secondary N) is 1. The maximum absolute atomic E-state index is 13.7. The van der Waals surface area contributed by atoms with Crippen LogP contribution in [0.2, 0.25) is 0 Å². The molecule has 1 fully saturated rings. The molecule has 1 N–H and O–H groups in total. The molecule has 0 saturated heterocycles. The van der Waals surface area contributed by atoms with Crippen molar-refractivity contribution in [1.82, 2.24) is 35.2 Å². The molecule has 3 heterocycles. The normalized spacial score (nSPS) is 14.4. The van der Waals surface area contributed by atoms with Crippen LogP contribution in [-0.4, -0.2) is 35.2 Å². The van der Waals surface area contributed by atoms with Gasteiger partial charge in [-0.15, -0.1) is 10.2 Å². The average molecular weight is 529 g/mol. The summed E-state index contributed by atoms with van der Waals surface area (Å²) >= 11 is 0. The topological polar surface area (TPSA) is 84.6 Å². The Morgan fingerprint density at radius 1 is 0.895 bits per heavy atom. The molecular formula is C25H17F6N7. The van der Waals surface area contributed by atoms with Crippen LogP contribution in [0.15, 0.2) is 54.6 Å². The lowest BCUT2D eigenvalue weighted by Crippen LogP contribution is -2.18. The molecule has 1 aliphatic rings. The van der Waals surface area contributed by atoms with Crippen molar-refractivity contribution in [1.29, 1.82) is 0 Å². The Bertz CT molecular complexity index is 1620. The van der Waals surface area contributed by atoms with Gasteiger partial charge in [0.25, 0.3) is 0 Å². The van der Waals surface area contributed by atoms with Crippen LogP contribution < -0.4 is 0 Å². The van der Waals surface area contributed by atoms with Crippen molar-refractivity contribution in [2.24, 2.45) is 0 Å². The average Bonchev–Trinajstić information content (AvgIpc) is 3.44. The summed E-state index contributed by atoms with van der Waals surface area (Å²) < 4.78 is 82.2. The van der Waals surface area contributed by atoms with E-state index in [2.05, 4.69) is 30.7 Å². The van der Waals surface area contributed by atoms with E-state index in [1.807, 2.05) is 36.4 Å². The molecule has 38 heavy (non-hydrogen) atoms. The van der Waals surface area contributed by atoms with Gasteiger partial charge in [0.2, 0.25) is 5.82 Å². The smallest absolute Gasteiger partial charge is 0.224 e. The van der Waals surface area contributed by atoms with Crippen LogP contribution in [0.1, 0.15) is 47.0 Å². The molecule has 3 aromatic heterocycles. The maximum Gasteiger partial charge on any atom is 0.433 e. The van der Waals surface area contributed by atoms with Gasteiger partial charge in [-0.2, -0.15) is 36.7 Å². The monoisotopic (exact) mass is 529 g/mol. The summed E-state index contributed by atoms with van der Waals surface area (Å²) in [4.78, 5) is 3.61. The van der Waals surface area contributed by atoms with Crippen molar-refractivity contribution >= 4 is 5.65 Å². The summed E-state index contributed by atoms with van der Waals surface area (Å²) in [6.07, 6.45) is -8.60. The lowest BCUT2D eigenvalue weighted by molar-refractivity contribution is -0.148. The third kappa shape index (κ3) is 4.37. The first-order chi connectivity index (χ1) is 18.1. The lowest BCUT2D eigenvalue weighted by atomic mass is 9.96. The van der Waals surface area contributed by atoms with E-state index in [9.17, 15) is 26.3 Å². The van der Waals surface area contributed by atoms with Crippen LogP contribution >= 0.6 is 0 Å². The van der Waals surface area contributed by atoms with Gasteiger partial charge in [-0.3, -0.25) is 0 Å². The number of nitrogens with zero attached hydrogens (tertiary/aromatic N) is 6. The zero-order valence-electron chi connectivity index (χ0n) is 19.3. The van der Waals surface area contributed by atoms with Crippen LogP contribution in [0.4, 0.5) is 26.3 Å². The van der Waals surface area contributed by atoms with Crippen LogP contribution in [0.25, 0.3) is 28.2 Å². The summed E-state index contributed by atoms with van der Waals surface area (Å²) in [5.41, 5.74) is 0.186. The number of aromatic amines is 1. The highest BCUT2D eigenvalue weighted by molar-refractivity contribution is 5.80. The van der Waals surface area contributed by atoms with E-state index in [0.29, 0.717) is 34.4 Å². The van der Waals surface area contributed by atoms with Gasteiger partial charge in [-0.1, -0.05) is 48.5 Å². The largest absolute Gasteiger partial charge is 0.433 e. The van der Waals surface area contributed by atoms with Gasteiger partial charge in [0.05, 0.1) is 5.69 Å². The second-order valence-corrected chi connectivity index (χ2v) is 9.05. The molecule has 0 unspecified atom stereocenters. The number of rotatable bonds is 5. The Morgan fingerprint density at radius 2 is 1.61 bits per heavy atom. The quantitative estimate of drug-likeness (QED) is 0.279. The highest BCUT2D eigenvalue weighted by Gasteiger charge is 2.42. The summed E-state index contributed by atoms with van der Waals surface area (Å²) in [6.45, 7) is 0. The Balaban J connectivity index is 1.42. The Morgan fingerprint density at radius 3 is 2.21 bits per heavy atom. The number of hydrogen-bond donors (Lipinski definition) is 1. The Labute approximate surface area is 210 Å². The van der Waals surface area contributed by atoms with Crippen molar-refractivity contribution in [3.63, 3.8) is 0 Å². The van der Waals surface area contributed by atoms with Gasteiger partial charge in [0.15, 0.2) is 11.3 Å². The number of tetrazole rings is 1. The van der Waals surface area contributed by atoms with Crippen molar-refractivity contribution in [2.45, 2.75) is 37.5 Å². The molecule has 0 aliphatic heterocycles. The molecule has 5 aromatic rings. The van der Waals surface area contributed by atoms with Gasteiger partial charge in [-0.05, 0) is 40.8 Å². The maximum atomic E-state index is 13.7. The summed E-state index contributed by atoms with van der Waals surface area (Å²) in [6, 6.07) is 14.6. The van der Waals surface area contributed by atoms with Crippen LogP contribution in [-0.2, 0) is 18.8 Å². The van der Waals surface area contributed by atoms with Gasteiger partial charge < -0.3 is 0 Å². The van der Waals surface area contributed by atoms with E-state index in [0.717, 1.165) is 16.7 Å². The molecule has 7 nitrogen and oxygen atoms in total. The first kappa shape index (κ1) is 24.1. The van der Waals surface area contributed by atoms with Crippen molar-refractivity contribution in [2.75, 3.05) is 0 Å². The van der Waals surface area contributed by atoms with Crippen molar-refractivity contribution in [3.05, 3.63) is 82.8 Å². The fourth-order valence-corrected chi connectivity index (χ4v) is 4.49. The standard InChI is InChI=1S/C25H17F6N7/c26-24(27,28)19-12-20(25(29,30)31)38-23(32-19)18(21(35-38)15-9-10-15)11-13-5-7-14(8-6-13)16-3-1-2-4-17(16)22-33-36-37-34-22/h1-8,12,15H,9-11H2,(H,33,34,36,37). The minimum Gasteiger partial charge on any atom is -0.224 e. The van der Waals surface area contributed by atoms with Crippen molar-refractivity contribution < 1.29 is 26.3 Å². The minimum absolute atomic E-state index is 0.0103. The molecule has 1 aliphatic carbocycles. The second-order valence-electron chi connectivity index (χ2n) is 9.05. The fraction of sp³-hybridized carbons (Fsp3) is 0.240. The minimum atomic E-state index is -5.04. The molecule has 0 atom stereocenters. The number of halogens is 6. The molecule has 0 spiro atoms. The van der Waals surface area contributed by atoms with E-state index in [1.165, 1.54) is 0 Å². The Hall–Kier alpha value is -4.29. The third-order valence-corrected chi connectivity index (χ3v) is 6.42. The SMILES string of the molecule is FC(F)(F)c1cc(C(F)(F)F)n2nc(C3CC3)c(Cc3ccc(-c4ccccc4-c4nn[nH]n4)cc3)c2n1. The molecule has 0 bridgehead atoms. The van der Waals surface area contributed by atoms with Gasteiger partial charge >= 0.3 is 12.4 Å². The molecule has 0 amide bonds. The number of hydrogen-bond acceptors (Lipinski definition) is 5. The molecule has 1 saturated carbocycles.